The summed E-state index contributed by atoms with van der Waals surface area (Å²) < 4.78 is 2.19. The molecule has 108 valence electrons. The van der Waals surface area contributed by atoms with Crippen molar-refractivity contribution in [1.82, 2.24) is 9.88 Å². The average Bonchev–Trinajstić information content (AvgIpc) is 2.82. The SMILES string of the molecule is CCN(CC)C(=O)CCNc1nc2ccc(Br)cc2s1. The Bertz CT molecular complexity index is 595. The van der Waals surface area contributed by atoms with E-state index in [1.807, 2.05) is 30.9 Å². The van der Waals surface area contributed by atoms with Gasteiger partial charge in [0.25, 0.3) is 0 Å². The summed E-state index contributed by atoms with van der Waals surface area (Å²) in [7, 11) is 0. The molecule has 1 amide bonds. The molecule has 0 aliphatic heterocycles. The summed E-state index contributed by atoms with van der Waals surface area (Å²) in [6, 6.07) is 6.02. The van der Waals surface area contributed by atoms with Gasteiger partial charge < -0.3 is 10.2 Å². The highest BCUT2D eigenvalue weighted by atomic mass is 79.9. The van der Waals surface area contributed by atoms with E-state index in [2.05, 4.69) is 32.3 Å². The standard InChI is InChI=1S/C14H18BrN3OS/c1-3-18(4-2)13(19)7-8-16-14-17-11-6-5-10(15)9-12(11)20-14/h5-6,9H,3-4,7-8H2,1-2H3,(H,16,17). The molecule has 0 saturated carbocycles. The number of hydrogen-bond donors (Lipinski definition) is 1. The van der Waals surface area contributed by atoms with Gasteiger partial charge in [-0.3, -0.25) is 4.79 Å². The van der Waals surface area contributed by atoms with Crippen molar-refractivity contribution in [2.24, 2.45) is 0 Å². The predicted molar refractivity (Wildman–Crippen MR) is 88.4 cm³/mol. The first-order chi connectivity index (χ1) is 9.63. The summed E-state index contributed by atoms with van der Waals surface area (Å²) in [6.07, 6.45) is 0.501. The number of halogens is 1. The number of rotatable bonds is 6. The lowest BCUT2D eigenvalue weighted by molar-refractivity contribution is -0.130. The van der Waals surface area contributed by atoms with Gasteiger partial charge in [0.1, 0.15) is 0 Å². The van der Waals surface area contributed by atoms with E-state index >= 15 is 0 Å². The fourth-order valence-corrected chi connectivity index (χ4v) is 3.43. The lowest BCUT2D eigenvalue weighted by Gasteiger charge is -2.18. The molecular formula is C14H18BrN3OS. The number of amides is 1. The molecule has 6 heteroatoms. The second kappa shape index (κ2) is 7.04. The van der Waals surface area contributed by atoms with Gasteiger partial charge >= 0.3 is 0 Å². The van der Waals surface area contributed by atoms with Gasteiger partial charge in [0.05, 0.1) is 10.2 Å². The maximum Gasteiger partial charge on any atom is 0.224 e. The summed E-state index contributed by atoms with van der Waals surface area (Å²) in [5, 5.41) is 4.10. The fourth-order valence-electron chi connectivity index (χ4n) is 1.98. The van der Waals surface area contributed by atoms with Gasteiger partial charge in [0.2, 0.25) is 5.91 Å². The Morgan fingerprint density at radius 1 is 1.40 bits per heavy atom. The van der Waals surface area contributed by atoms with Crippen LogP contribution < -0.4 is 5.32 Å². The van der Waals surface area contributed by atoms with Crippen molar-refractivity contribution in [2.75, 3.05) is 25.0 Å². The van der Waals surface area contributed by atoms with Gasteiger partial charge in [-0.25, -0.2) is 4.98 Å². The van der Waals surface area contributed by atoms with Gasteiger partial charge in [-0.15, -0.1) is 0 Å². The predicted octanol–water partition coefficient (Wildman–Crippen LogP) is 3.73. The third-order valence-corrected chi connectivity index (χ3v) is 4.55. The molecule has 0 aliphatic carbocycles. The van der Waals surface area contributed by atoms with Gasteiger partial charge in [0.15, 0.2) is 5.13 Å². The molecule has 2 aromatic rings. The molecule has 0 bridgehead atoms. The number of carbonyl (C=O) groups excluding carboxylic acids is 1. The number of thiazole rings is 1. The molecule has 0 spiro atoms. The topological polar surface area (TPSA) is 45.2 Å². The van der Waals surface area contributed by atoms with Gasteiger partial charge in [-0.2, -0.15) is 0 Å². The first-order valence-electron chi connectivity index (χ1n) is 6.71. The Labute approximate surface area is 131 Å². The quantitative estimate of drug-likeness (QED) is 0.858. The van der Waals surface area contributed by atoms with Crippen LogP contribution in [0.3, 0.4) is 0 Å². The lowest BCUT2D eigenvalue weighted by Crippen LogP contribution is -2.31. The molecule has 0 saturated heterocycles. The molecule has 0 fully saturated rings. The largest absolute Gasteiger partial charge is 0.361 e. The number of carbonyl (C=O) groups is 1. The molecule has 0 aliphatic rings. The Balaban J connectivity index is 1.91. The fraction of sp³-hybridized carbons (Fsp3) is 0.429. The zero-order valence-corrected chi connectivity index (χ0v) is 14.1. The van der Waals surface area contributed by atoms with E-state index in [4.69, 9.17) is 0 Å². The van der Waals surface area contributed by atoms with E-state index in [1.165, 1.54) is 0 Å². The number of aromatic nitrogens is 1. The van der Waals surface area contributed by atoms with Crippen LogP contribution in [0.5, 0.6) is 0 Å². The Morgan fingerprint density at radius 3 is 2.85 bits per heavy atom. The van der Waals surface area contributed by atoms with Crippen molar-refractivity contribution < 1.29 is 4.79 Å². The summed E-state index contributed by atoms with van der Waals surface area (Å²) in [4.78, 5) is 18.2. The van der Waals surface area contributed by atoms with E-state index in [1.54, 1.807) is 11.3 Å². The van der Waals surface area contributed by atoms with Gasteiger partial charge in [-0.1, -0.05) is 27.3 Å². The second-order valence-electron chi connectivity index (χ2n) is 4.37. The average molecular weight is 356 g/mol. The van der Waals surface area contributed by atoms with E-state index in [-0.39, 0.29) is 5.91 Å². The van der Waals surface area contributed by atoms with E-state index in [0.29, 0.717) is 13.0 Å². The van der Waals surface area contributed by atoms with Crippen molar-refractivity contribution in [2.45, 2.75) is 20.3 Å². The highest BCUT2D eigenvalue weighted by Gasteiger charge is 2.09. The summed E-state index contributed by atoms with van der Waals surface area (Å²) in [6.45, 7) is 6.16. The minimum Gasteiger partial charge on any atom is -0.361 e. The van der Waals surface area contributed by atoms with Crippen molar-refractivity contribution in [3.63, 3.8) is 0 Å². The molecule has 0 radical (unpaired) electrons. The Morgan fingerprint density at radius 2 is 2.15 bits per heavy atom. The van der Waals surface area contributed by atoms with Crippen LogP contribution in [0.1, 0.15) is 20.3 Å². The molecule has 1 heterocycles. The monoisotopic (exact) mass is 355 g/mol. The zero-order chi connectivity index (χ0) is 14.5. The highest BCUT2D eigenvalue weighted by Crippen LogP contribution is 2.28. The molecule has 4 nitrogen and oxygen atoms in total. The molecule has 1 N–H and O–H groups in total. The van der Waals surface area contributed by atoms with Crippen LogP contribution in [-0.2, 0) is 4.79 Å². The highest BCUT2D eigenvalue weighted by molar-refractivity contribution is 9.10. The zero-order valence-electron chi connectivity index (χ0n) is 11.6. The number of fused-ring (bicyclic) bond motifs is 1. The van der Waals surface area contributed by atoms with Crippen LogP contribution in [0.4, 0.5) is 5.13 Å². The maximum atomic E-state index is 11.9. The Kier molecular flexibility index (Phi) is 5.37. The summed E-state index contributed by atoms with van der Waals surface area (Å²) in [5.74, 6) is 0.186. The minimum absolute atomic E-state index is 0.186. The molecule has 0 atom stereocenters. The number of nitrogens with one attached hydrogen (secondary N) is 1. The van der Waals surface area contributed by atoms with Crippen molar-refractivity contribution in [1.29, 1.82) is 0 Å². The van der Waals surface area contributed by atoms with Crippen molar-refractivity contribution >= 4 is 48.5 Å². The Hall–Kier alpha value is -1.14. The van der Waals surface area contributed by atoms with Crippen LogP contribution >= 0.6 is 27.3 Å². The lowest BCUT2D eigenvalue weighted by atomic mass is 10.3. The second-order valence-corrected chi connectivity index (χ2v) is 6.32. The number of nitrogens with zero attached hydrogens (tertiary/aromatic N) is 2. The summed E-state index contributed by atoms with van der Waals surface area (Å²) in [5.41, 5.74) is 0.982. The van der Waals surface area contributed by atoms with Crippen LogP contribution in [0.2, 0.25) is 0 Å². The molecule has 0 unspecified atom stereocenters. The van der Waals surface area contributed by atoms with Crippen molar-refractivity contribution in [3.05, 3.63) is 22.7 Å². The first kappa shape index (κ1) is 15.3. The number of hydrogen-bond acceptors (Lipinski definition) is 4. The maximum absolute atomic E-state index is 11.9. The minimum atomic E-state index is 0.186. The van der Waals surface area contributed by atoms with Gasteiger partial charge in [-0.05, 0) is 32.0 Å². The van der Waals surface area contributed by atoms with E-state index in [0.717, 1.165) is 32.9 Å². The van der Waals surface area contributed by atoms with Crippen molar-refractivity contribution in [3.8, 4) is 0 Å². The van der Waals surface area contributed by atoms with Crippen LogP contribution in [0.15, 0.2) is 22.7 Å². The number of benzene rings is 1. The van der Waals surface area contributed by atoms with Gasteiger partial charge in [0, 0.05) is 30.5 Å². The molecule has 2 rings (SSSR count). The van der Waals surface area contributed by atoms with Crippen LogP contribution in [-0.4, -0.2) is 35.4 Å². The smallest absolute Gasteiger partial charge is 0.224 e. The molecule has 1 aromatic carbocycles. The molecule has 1 aromatic heterocycles. The van der Waals surface area contributed by atoms with Crippen LogP contribution in [0, 0.1) is 0 Å². The van der Waals surface area contributed by atoms with E-state index in [9.17, 15) is 4.79 Å². The molecule has 20 heavy (non-hydrogen) atoms. The van der Waals surface area contributed by atoms with E-state index < -0.39 is 0 Å². The number of anilines is 1. The third kappa shape index (κ3) is 3.70. The normalized spacial score (nSPS) is 10.8. The third-order valence-electron chi connectivity index (χ3n) is 3.08. The van der Waals surface area contributed by atoms with Crippen LogP contribution in [0.25, 0.3) is 10.2 Å². The first-order valence-corrected chi connectivity index (χ1v) is 8.32. The summed E-state index contributed by atoms with van der Waals surface area (Å²) >= 11 is 5.06. The molecular weight excluding hydrogens is 338 g/mol.